The van der Waals surface area contributed by atoms with E-state index in [0.717, 1.165) is 0 Å². The Balaban J connectivity index is 3.20. The van der Waals surface area contributed by atoms with E-state index < -0.39 is 30.5 Å². The van der Waals surface area contributed by atoms with Crippen molar-refractivity contribution in [2.24, 2.45) is 0 Å². The molecule has 2 amide bonds. The molecule has 0 radical (unpaired) electrons. The first-order valence-electron chi connectivity index (χ1n) is 6.55. The highest BCUT2D eigenvalue weighted by Crippen LogP contribution is 2.30. The van der Waals surface area contributed by atoms with Crippen molar-refractivity contribution in [3.8, 4) is 6.07 Å². The van der Waals surface area contributed by atoms with Gasteiger partial charge in [-0.15, -0.1) is 0 Å². The van der Waals surface area contributed by atoms with Crippen LogP contribution in [0.25, 0.3) is 0 Å². The average molecular weight is 382 g/mol. The van der Waals surface area contributed by atoms with Gasteiger partial charge >= 0.3 is 6.18 Å². The molecule has 0 fully saturated rings. The standard InChI is InChI=1S/C14H12Cl2F3N3O2/c1-8(13(24)21-5-4-20)22(12(23)7-14(17,18)19)9-2-3-10(15)11(16)6-9/h2-3,6,8H,5,7H2,1H3,(H,21,24). The van der Waals surface area contributed by atoms with Gasteiger partial charge in [0, 0.05) is 5.69 Å². The van der Waals surface area contributed by atoms with Crippen LogP contribution in [0.2, 0.25) is 10.0 Å². The normalized spacial score (nSPS) is 12.2. The number of hydrogen-bond acceptors (Lipinski definition) is 3. The first-order valence-corrected chi connectivity index (χ1v) is 7.31. The molecule has 0 saturated carbocycles. The van der Waals surface area contributed by atoms with Crippen molar-refractivity contribution in [1.29, 1.82) is 5.26 Å². The highest BCUT2D eigenvalue weighted by Gasteiger charge is 2.37. The molecule has 24 heavy (non-hydrogen) atoms. The minimum atomic E-state index is -4.74. The fourth-order valence-electron chi connectivity index (χ4n) is 1.87. The van der Waals surface area contributed by atoms with Crippen LogP contribution in [0.1, 0.15) is 13.3 Å². The smallest absolute Gasteiger partial charge is 0.341 e. The van der Waals surface area contributed by atoms with Crippen molar-refractivity contribution in [2.45, 2.75) is 25.6 Å². The maximum absolute atomic E-state index is 12.6. The molecule has 1 aromatic rings. The van der Waals surface area contributed by atoms with Gasteiger partial charge in [0.25, 0.3) is 0 Å². The molecule has 1 N–H and O–H groups in total. The third-order valence-electron chi connectivity index (χ3n) is 2.91. The fraction of sp³-hybridized carbons (Fsp3) is 0.357. The first kappa shape index (κ1) is 20.1. The molecule has 0 aliphatic rings. The molecule has 10 heteroatoms. The zero-order chi connectivity index (χ0) is 18.5. The zero-order valence-corrected chi connectivity index (χ0v) is 13.8. The third-order valence-corrected chi connectivity index (χ3v) is 3.65. The van der Waals surface area contributed by atoms with Crippen LogP contribution in [0.15, 0.2) is 18.2 Å². The topological polar surface area (TPSA) is 73.2 Å². The number of benzene rings is 1. The van der Waals surface area contributed by atoms with Crippen LogP contribution in [0, 0.1) is 11.3 Å². The van der Waals surface area contributed by atoms with Crippen LogP contribution in [-0.4, -0.2) is 30.6 Å². The lowest BCUT2D eigenvalue weighted by atomic mass is 10.1. The van der Waals surface area contributed by atoms with Gasteiger partial charge in [0.1, 0.15) is 19.0 Å². The number of nitrogens with one attached hydrogen (secondary N) is 1. The maximum Gasteiger partial charge on any atom is 0.397 e. The molecular weight excluding hydrogens is 370 g/mol. The Labute approximate surface area is 145 Å². The second-order valence-electron chi connectivity index (χ2n) is 4.71. The van der Waals surface area contributed by atoms with E-state index in [9.17, 15) is 22.8 Å². The van der Waals surface area contributed by atoms with Crippen molar-refractivity contribution in [1.82, 2.24) is 5.32 Å². The van der Waals surface area contributed by atoms with Gasteiger partial charge in [-0.1, -0.05) is 23.2 Å². The molecule has 1 unspecified atom stereocenters. The Kier molecular flexibility index (Phi) is 6.87. The molecular formula is C14H12Cl2F3N3O2. The average Bonchev–Trinajstić information content (AvgIpc) is 2.46. The molecule has 1 aromatic carbocycles. The molecule has 5 nitrogen and oxygen atoms in total. The van der Waals surface area contributed by atoms with E-state index in [4.69, 9.17) is 28.5 Å². The number of carbonyl (C=O) groups excluding carboxylic acids is 2. The number of rotatable bonds is 5. The Morgan fingerprint density at radius 3 is 2.46 bits per heavy atom. The SMILES string of the molecule is CC(C(=O)NCC#N)N(C(=O)CC(F)(F)F)c1ccc(Cl)c(Cl)c1. The Morgan fingerprint density at radius 2 is 1.96 bits per heavy atom. The van der Waals surface area contributed by atoms with Crippen molar-refractivity contribution in [3.05, 3.63) is 28.2 Å². The van der Waals surface area contributed by atoms with Gasteiger partial charge in [0.15, 0.2) is 0 Å². The van der Waals surface area contributed by atoms with Gasteiger partial charge in [0.05, 0.1) is 16.1 Å². The van der Waals surface area contributed by atoms with Crippen LogP contribution in [0.5, 0.6) is 0 Å². The molecule has 130 valence electrons. The van der Waals surface area contributed by atoms with E-state index in [-0.39, 0.29) is 22.3 Å². The highest BCUT2D eigenvalue weighted by atomic mass is 35.5. The maximum atomic E-state index is 12.6. The minimum absolute atomic E-state index is 0.0155. The fourth-order valence-corrected chi connectivity index (χ4v) is 2.16. The van der Waals surface area contributed by atoms with Gasteiger partial charge in [-0.2, -0.15) is 18.4 Å². The summed E-state index contributed by atoms with van der Waals surface area (Å²) < 4.78 is 37.7. The molecule has 0 aliphatic carbocycles. The highest BCUT2D eigenvalue weighted by molar-refractivity contribution is 6.42. The Bertz CT molecular complexity index is 674. The quantitative estimate of drug-likeness (QED) is 0.795. The monoisotopic (exact) mass is 381 g/mol. The molecule has 0 aromatic heterocycles. The van der Waals surface area contributed by atoms with E-state index in [1.165, 1.54) is 25.1 Å². The summed E-state index contributed by atoms with van der Waals surface area (Å²) in [5.74, 6) is -2.11. The number of hydrogen-bond donors (Lipinski definition) is 1. The van der Waals surface area contributed by atoms with E-state index in [0.29, 0.717) is 4.90 Å². The summed E-state index contributed by atoms with van der Waals surface area (Å²) in [4.78, 5) is 24.7. The largest absolute Gasteiger partial charge is 0.397 e. The second kappa shape index (κ2) is 8.22. The summed E-state index contributed by atoms with van der Waals surface area (Å²) in [6.45, 7) is 0.898. The lowest BCUT2D eigenvalue weighted by molar-refractivity contribution is -0.152. The molecule has 0 bridgehead atoms. The van der Waals surface area contributed by atoms with E-state index in [1.807, 2.05) is 0 Å². The molecule has 0 heterocycles. The van der Waals surface area contributed by atoms with Crippen LogP contribution in [-0.2, 0) is 9.59 Å². The van der Waals surface area contributed by atoms with Crippen LogP contribution in [0.3, 0.4) is 0 Å². The first-order chi connectivity index (χ1) is 11.1. The van der Waals surface area contributed by atoms with Crippen molar-refractivity contribution in [2.75, 3.05) is 11.4 Å². The van der Waals surface area contributed by atoms with Crippen LogP contribution >= 0.6 is 23.2 Å². The summed E-state index contributed by atoms with van der Waals surface area (Å²) in [6.07, 6.45) is -6.49. The summed E-state index contributed by atoms with van der Waals surface area (Å²) in [5.41, 5.74) is -0.0155. The van der Waals surface area contributed by atoms with Crippen molar-refractivity contribution < 1.29 is 22.8 Å². The second-order valence-corrected chi connectivity index (χ2v) is 5.52. The van der Waals surface area contributed by atoms with Crippen LogP contribution in [0.4, 0.5) is 18.9 Å². The lowest BCUT2D eigenvalue weighted by Crippen LogP contribution is -2.49. The van der Waals surface area contributed by atoms with Gasteiger partial charge in [0.2, 0.25) is 11.8 Å². The van der Waals surface area contributed by atoms with Crippen molar-refractivity contribution in [3.63, 3.8) is 0 Å². The summed E-state index contributed by atoms with van der Waals surface area (Å²) in [6, 6.07) is 4.14. The number of amides is 2. The van der Waals surface area contributed by atoms with E-state index in [2.05, 4.69) is 5.32 Å². The predicted octanol–water partition coefficient (Wildman–Crippen LogP) is 3.31. The van der Waals surface area contributed by atoms with Gasteiger partial charge in [-0.3, -0.25) is 14.5 Å². The Morgan fingerprint density at radius 1 is 1.33 bits per heavy atom. The molecule has 1 rings (SSSR count). The van der Waals surface area contributed by atoms with Crippen LogP contribution < -0.4 is 10.2 Å². The molecule has 1 atom stereocenters. The van der Waals surface area contributed by atoms with Gasteiger partial charge in [-0.05, 0) is 25.1 Å². The minimum Gasteiger partial charge on any atom is -0.341 e. The number of halogens is 5. The Hall–Kier alpha value is -1.98. The van der Waals surface area contributed by atoms with Crippen molar-refractivity contribution >= 4 is 40.7 Å². The van der Waals surface area contributed by atoms with Gasteiger partial charge in [-0.25, -0.2) is 0 Å². The lowest BCUT2D eigenvalue weighted by Gasteiger charge is -2.29. The molecule has 0 aliphatic heterocycles. The summed E-state index contributed by atoms with van der Waals surface area (Å²) >= 11 is 11.6. The van der Waals surface area contributed by atoms with Gasteiger partial charge < -0.3 is 5.32 Å². The number of carbonyl (C=O) groups is 2. The third kappa shape index (κ3) is 5.58. The summed E-state index contributed by atoms with van der Waals surface area (Å²) in [5, 5.41) is 10.8. The van der Waals surface area contributed by atoms with E-state index in [1.54, 1.807) is 6.07 Å². The molecule has 0 saturated heterocycles. The zero-order valence-electron chi connectivity index (χ0n) is 12.3. The summed E-state index contributed by atoms with van der Waals surface area (Å²) in [7, 11) is 0. The number of nitrogens with zero attached hydrogens (tertiary/aromatic N) is 2. The number of nitriles is 1. The number of anilines is 1. The predicted molar refractivity (Wildman–Crippen MR) is 82.7 cm³/mol. The van der Waals surface area contributed by atoms with E-state index >= 15 is 0 Å². The number of alkyl halides is 3. The molecule has 0 spiro atoms.